The van der Waals surface area contributed by atoms with Crippen molar-refractivity contribution in [1.29, 1.82) is 0 Å². The van der Waals surface area contributed by atoms with Crippen LogP contribution in [-0.4, -0.2) is 23.9 Å². The van der Waals surface area contributed by atoms with Gasteiger partial charge in [0.05, 0.1) is 11.1 Å². The van der Waals surface area contributed by atoms with Crippen LogP contribution in [0.4, 0.5) is 13.2 Å². The van der Waals surface area contributed by atoms with Crippen molar-refractivity contribution in [3.8, 4) is 0 Å². The number of benzene rings is 1. The number of amides is 1. The second kappa shape index (κ2) is 5.91. The van der Waals surface area contributed by atoms with Crippen molar-refractivity contribution in [3.63, 3.8) is 0 Å². The van der Waals surface area contributed by atoms with Gasteiger partial charge in [-0.1, -0.05) is 24.3 Å². The normalized spacial score (nSPS) is 11.2. The van der Waals surface area contributed by atoms with Crippen molar-refractivity contribution >= 4 is 5.91 Å². The molecule has 1 rings (SSSR count). The zero-order chi connectivity index (χ0) is 14.6. The predicted octanol–water partition coefficient (Wildman–Crippen LogP) is 3.74. The lowest BCUT2D eigenvalue weighted by Gasteiger charge is -2.22. The smallest absolute Gasteiger partial charge is 0.335 e. The Balaban J connectivity index is 3.15. The van der Waals surface area contributed by atoms with Crippen LogP contribution in [0.15, 0.2) is 36.4 Å². The molecule has 5 heteroatoms. The highest BCUT2D eigenvalue weighted by Crippen LogP contribution is 2.32. The van der Waals surface area contributed by atoms with Gasteiger partial charge in [0.15, 0.2) is 0 Å². The molecule has 0 aromatic heterocycles. The third-order valence-electron chi connectivity index (χ3n) is 2.59. The molecule has 19 heavy (non-hydrogen) atoms. The van der Waals surface area contributed by atoms with Crippen LogP contribution < -0.4 is 0 Å². The summed E-state index contributed by atoms with van der Waals surface area (Å²) in [7, 11) is 0. The van der Waals surface area contributed by atoms with Gasteiger partial charge in [-0.2, -0.15) is 13.2 Å². The molecule has 104 valence electrons. The lowest BCUT2D eigenvalue weighted by Crippen LogP contribution is -2.33. The van der Waals surface area contributed by atoms with Gasteiger partial charge >= 0.3 is 6.18 Å². The van der Waals surface area contributed by atoms with E-state index in [1.807, 2.05) is 0 Å². The molecule has 2 nitrogen and oxygen atoms in total. The highest BCUT2D eigenvalue weighted by atomic mass is 19.4. The monoisotopic (exact) mass is 271 g/mol. The molecule has 0 radical (unpaired) electrons. The number of carbonyl (C=O) groups is 1. The summed E-state index contributed by atoms with van der Waals surface area (Å²) in [6, 6.07) is 4.82. The first-order chi connectivity index (χ1) is 8.77. The van der Waals surface area contributed by atoms with Crippen LogP contribution in [0.25, 0.3) is 0 Å². The molecule has 0 N–H and O–H groups in total. The number of halogens is 3. The second-order valence-electron chi connectivity index (χ2n) is 4.32. The average molecular weight is 271 g/mol. The van der Waals surface area contributed by atoms with Crippen molar-refractivity contribution < 1.29 is 18.0 Å². The molecule has 0 bridgehead atoms. The molecule has 0 saturated carbocycles. The molecule has 0 saturated heterocycles. The van der Waals surface area contributed by atoms with Crippen molar-refractivity contribution in [2.24, 2.45) is 0 Å². The van der Waals surface area contributed by atoms with E-state index in [9.17, 15) is 18.0 Å². The van der Waals surface area contributed by atoms with Crippen LogP contribution in [-0.2, 0) is 6.18 Å². The van der Waals surface area contributed by atoms with Gasteiger partial charge in [-0.25, -0.2) is 0 Å². The molecular formula is C14H16F3NO. The number of carbonyl (C=O) groups excluding carboxylic acids is 1. The highest BCUT2D eigenvalue weighted by Gasteiger charge is 2.35. The second-order valence-corrected chi connectivity index (χ2v) is 4.32. The van der Waals surface area contributed by atoms with Crippen LogP contribution >= 0.6 is 0 Å². The zero-order valence-corrected chi connectivity index (χ0v) is 10.9. The van der Waals surface area contributed by atoms with Crippen LogP contribution in [0.5, 0.6) is 0 Å². The Morgan fingerprint density at radius 1 is 1.32 bits per heavy atom. The number of likely N-dealkylation sites (N-methyl/N-ethyl adjacent to an activating group) is 1. The van der Waals surface area contributed by atoms with E-state index in [0.29, 0.717) is 6.54 Å². The van der Waals surface area contributed by atoms with Crippen LogP contribution in [0.3, 0.4) is 0 Å². The van der Waals surface area contributed by atoms with Gasteiger partial charge in [-0.05, 0) is 26.0 Å². The van der Waals surface area contributed by atoms with E-state index in [0.717, 1.165) is 11.6 Å². The van der Waals surface area contributed by atoms with E-state index in [1.165, 1.54) is 23.1 Å². The van der Waals surface area contributed by atoms with Crippen LogP contribution in [0, 0.1) is 0 Å². The fraction of sp³-hybridized carbons (Fsp3) is 0.357. The maximum Gasteiger partial charge on any atom is 0.417 e. The molecule has 0 unspecified atom stereocenters. The number of hydrogen-bond donors (Lipinski definition) is 0. The maximum atomic E-state index is 12.9. The number of alkyl halides is 3. The topological polar surface area (TPSA) is 20.3 Å². The number of hydrogen-bond acceptors (Lipinski definition) is 1. The number of rotatable bonds is 4. The quantitative estimate of drug-likeness (QED) is 0.764. The van der Waals surface area contributed by atoms with Crippen molar-refractivity contribution in [3.05, 3.63) is 47.5 Å². The molecule has 0 aliphatic carbocycles. The highest BCUT2D eigenvalue weighted by molar-refractivity contribution is 5.96. The van der Waals surface area contributed by atoms with Gasteiger partial charge in [0.25, 0.3) is 5.91 Å². The first-order valence-electron chi connectivity index (χ1n) is 5.87. The molecule has 0 heterocycles. The largest absolute Gasteiger partial charge is 0.417 e. The SMILES string of the molecule is C=C(C)CN(CC)C(=O)c1ccccc1C(F)(F)F. The molecule has 0 spiro atoms. The lowest BCUT2D eigenvalue weighted by atomic mass is 10.1. The van der Waals surface area contributed by atoms with E-state index in [2.05, 4.69) is 6.58 Å². The fourth-order valence-electron chi connectivity index (χ4n) is 1.74. The standard InChI is InChI=1S/C14H16F3NO/c1-4-18(9-10(2)3)13(19)11-7-5-6-8-12(11)14(15,16)17/h5-8H,2,4,9H2,1,3H3. The van der Waals surface area contributed by atoms with Crippen LogP contribution in [0.2, 0.25) is 0 Å². The Morgan fingerprint density at radius 2 is 1.89 bits per heavy atom. The predicted molar refractivity (Wildman–Crippen MR) is 67.8 cm³/mol. The molecular weight excluding hydrogens is 255 g/mol. The van der Waals surface area contributed by atoms with Crippen molar-refractivity contribution in [2.45, 2.75) is 20.0 Å². The first-order valence-corrected chi connectivity index (χ1v) is 5.87. The van der Waals surface area contributed by atoms with Crippen molar-refractivity contribution in [2.75, 3.05) is 13.1 Å². The molecule has 1 amide bonds. The Labute approximate surface area is 110 Å². The summed E-state index contributed by atoms with van der Waals surface area (Å²) in [4.78, 5) is 13.5. The first kappa shape index (κ1) is 15.3. The summed E-state index contributed by atoms with van der Waals surface area (Å²) in [6.45, 7) is 7.70. The van der Waals surface area contributed by atoms with E-state index in [4.69, 9.17) is 0 Å². The fourth-order valence-corrected chi connectivity index (χ4v) is 1.74. The maximum absolute atomic E-state index is 12.9. The van der Waals surface area contributed by atoms with Gasteiger partial charge in [0.2, 0.25) is 0 Å². The molecule has 0 fully saturated rings. The van der Waals surface area contributed by atoms with Crippen LogP contribution in [0.1, 0.15) is 29.8 Å². The average Bonchev–Trinajstić information content (AvgIpc) is 2.34. The zero-order valence-electron chi connectivity index (χ0n) is 10.9. The Kier molecular flexibility index (Phi) is 4.75. The minimum atomic E-state index is -4.53. The van der Waals surface area contributed by atoms with Gasteiger partial charge in [-0.15, -0.1) is 0 Å². The molecule has 0 aliphatic rings. The van der Waals surface area contributed by atoms with E-state index < -0.39 is 17.6 Å². The van der Waals surface area contributed by atoms with E-state index >= 15 is 0 Å². The summed E-state index contributed by atoms with van der Waals surface area (Å²) in [6.07, 6.45) is -4.53. The Morgan fingerprint density at radius 3 is 2.37 bits per heavy atom. The molecule has 1 aromatic rings. The van der Waals surface area contributed by atoms with E-state index in [1.54, 1.807) is 13.8 Å². The summed E-state index contributed by atoms with van der Waals surface area (Å²) in [5, 5.41) is 0. The van der Waals surface area contributed by atoms with E-state index in [-0.39, 0.29) is 12.1 Å². The molecule has 0 aliphatic heterocycles. The van der Waals surface area contributed by atoms with Gasteiger partial charge in [0.1, 0.15) is 0 Å². The summed E-state index contributed by atoms with van der Waals surface area (Å²) >= 11 is 0. The molecule has 1 aromatic carbocycles. The Bertz CT molecular complexity index is 480. The summed E-state index contributed by atoms with van der Waals surface area (Å²) < 4.78 is 38.6. The van der Waals surface area contributed by atoms with Crippen molar-refractivity contribution in [1.82, 2.24) is 4.90 Å². The minimum Gasteiger partial charge on any atom is -0.335 e. The Hall–Kier alpha value is -1.78. The van der Waals surface area contributed by atoms with Gasteiger partial charge in [-0.3, -0.25) is 4.79 Å². The van der Waals surface area contributed by atoms with Gasteiger partial charge in [0, 0.05) is 13.1 Å². The third kappa shape index (κ3) is 3.84. The lowest BCUT2D eigenvalue weighted by molar-refractivity contribution is -0.138. The summed E-state index contributed by atoms with van der Waals surface area (Å²) in [5.74, 6) is -0.626. The molecule has 0 atom stereocenters. The third-order valence-corrected chi connectivity index (χ3v) is 2.59. The number of nitrogens with zero attached hydrogens (tertiary/aromatic N) is 1. The summed E-state index contributed by atoms with van der Waals surface area (Å²) in [5.41, 5.74) is -0.502. The minimum absolute atomic E-state index is 0.252. The van der Waals surface area contributed by atoms with Gasteiger partial charge < -0.3 is 4.90 Å².